The largest absolute Gasteiger partial charge is 0.392 e. The fourth-order valence-corrected chi connectivity index (χ4v) is 2.84. The van der Waals surface area contributed by atoms with Crippen LogP contribution >= 0.6 is 31.9 Å². The van der Waals surface area contributed by atoms with Crippen LogP contribution in [-0.4, -0.2) is 23.2 Å². The number of aliphatic hydroxyl groups is 1. The van der Waals surface area contributed by atoms with Crippen LogP contribution in [0.2, 0.25) is 0 Å². The van der Waals surface area contributed by atoms with Crippen LogP contribution in [0.15, 0.2) is 27.1 Å². The number of nitrogens with one attached hydrogen (secondary N) is 1. The van der Waals surface area contributed by atoms with Crippen molar-refractivity contribution in [1.29, 1.82) is 0 Å². The Bertz CT molecular complexity index is 488. The van der Waals surface area contributed by atoms with E-state index in [0.717, 1.165) is 8.95 Å². The van der Waals surface area contributed by atoms with Crippen LogP contribution in [0.25, 0.3) is 0 Å². The van der Waals surface area contributed by atoms with Crippen molar-refractivity contribution < 1.29 is 9.90 Å². The predicted octanol–water partition coefficient (Wildman–Crippen LogP) is 3.10. The average Bonchev–Trinajstić information content (AvgIpc) is 2.31. The van der Waals surface area contributed by atoms with Crippen LogP contribution in [0, 0.1) is 5.41 Å². The zero-order chi connectivity index (χ0) is 13.5. The van der Waals surface area contributed by atoms with E-state index in [-0.39, 0.29) is 23.5 Å². The van der Waals surface area contributed by atoms with Crippen LogP contribution in [0.3, 0.4) is 0 Å². The molecule has 0 aliphatic heterocycles. The molecule has 1 aliphatic carbocycles. The summed E-state index contributed by atoms with van der Waals surface area (Å²) in [6, 6.07) is 5.50. The molecule has 2 N–H and O–H groups in total. The maximum absolute atomic E-state index is 12.2. The predicted molar refractivity (Wildman–Crippen MR) is 77.5 cm³/mol. The number of carbonyl (C=O) groups is 1. The van der Waals surface area contributed by atoms with Crippen molar-refractivity contribution in [3.05, 3.63) is 32.7 Å². The summed E-state index contributed by atoms with van der Waals surface area (Å²) in [6.07, 6.45) is 0.276. The first-order valence-electron chi connectivity index (χ1n) is 5.76. The summed E-state index contributed by atoms with van der Waals surface area (Å²) in [6.45, 7) is 3.92. The Morgan fingerprint density at radius 3 is 2.67 bits per heavy atom. The van der Waals surface area contributed by atoms with Crippen molar-refractivity contribution in [3.63, 3.8) is 0 Å². The standard InChI is InChI=1S/C13H15Br2NO2/c1-13(2)10(6-11(13)17)16-12(18)8-5-7(14)3-4-9(8)15/h3-5,10-11,17H,6H2,1-2H3,(H,16,18). The lowest BCUT2D eigenvalue weighted by atomic mass is 9.64. The molecule has 0 bridgehead atoms. The van der Waals surface area contributed by atoms with Crippen LogP contribution < -0.4 is 5.32 Å². The molecular formula is C13H15Br2NO2. The molecule has 98 valence electrons. The van der Waals surface area contributed by atoms with Gasteiger partial charge in [0, 0.05) is 20.4 Å². The van der Waals surface area contributed by atoms with Gasteiger partial charge in [-0.2, -0.15) is 0 Å². The van der Waals surface area contributed by atoms with E-state index in [9.17, 15) is 9.90 Å². The van der Waals surface area contributed by atoms with Crippen LogP contribution in [-0.2, 0) is 0 Å². The highest BCUT2D eigenvalue weighted by molar-refractivity contribution is 9.11. The minimum Gasteiger partial charge on any atom is -0.392 e. The molecule has 0 radical (unpaired) electrons. The van der Waals surface area contributed by atoms with Gasteiger partial charge >= 0.3 is 0 Å². The van der Waals surface area contributed by atoms with Crippen molar-refractivity contribution in [1.82, 2.24) is 5.32 Å². The molecule has 1 fully saturated rings. The number of rotatable bonds is 2. The minimum absolute atomic E-state index is 0.0193. The van der Waals surface area contributed by atoms with Crippen LogP contribution in [0.1, 0.15) is 30.6 Å². The quantitative estimate of drug-likeness (QED) is 0.833. The second kappa shape index (κ2) is 4.94. The average molecular weight is 377 g/mol. The van der Waals surface area contributed by atoms with E-state index < -0.39 is 0 Å². The molecule has 1 saturated carbocycles. The number of amides is 1. The molecule has 1 aromatic carbocycles. The van der Waals surface area contributed by atoms with Gasteiger partial charge in [-0.3, -0.25) is 4.79 Å². The molecule has 2 rings (SSSR count). The third-order valence-corrected chi connectivity index (χ3v) is 4.88. The molecule has 1 aliphatic rings. The van der Waals surface area contributed by atoms with Gasteiger partial charge < -0.3 is 10.4 Å². The van der Waals surface area contributed by atoms with Crippen LogP contribution in [0.4, 0.5) is 0 Å². The zero-order valence-electron chi connectivity index (χ0n) is 10.2. The summed E-state index contributed by atoms with van der Waals surface area (Å²) in [4.78, 5) is 12.2. The number of aliphatic hydroxyl groups excluding tert-OH is 1. The van der Waals surface area contributed by atoms with E-state index >= 15 is 0 Å². The summed E-state index contributed by atoms with van der Waals surface area (Å²) in [5, 5.41) is 12.6. The Balaban J connectivity index is 2.12. The van der Waals surface area contributed by atoms with Gasteiger partial charge in [0.1, 0.15) is 0 Å². The molecule has 2 atom stereocenters. The summed E-state index contributed by atoms with van der Waals surface area (Å²) in [5.41, 5.74) is 0.343. The topological polar surface area (TPSA) is 49.3 Å². The van der Waals surface area contributed by atoms with Gasteiger partial charge in [-0.15, -0.1) is 0 Å². The number of hydrogen-bond donors (Lipinski definition) is 2. The molecule has 18 heavy (non-hydrogen) atoms. The highest BCUT2D eigenvalue weighted by atomic mass is 79.9. The number of halogens is 2. The normalized spacial score (nSPS) is 25.4. The first kappa shape index (κ1) is 14.0. The Morgan fingerprint density at radius 2 is 2.11 bits per heavy atom. The Kier molecular flexibility index (Phi) is 3.85. The number of carbonyl (C=O) groups excluding carboxylic acids is 1. The first-order chi connectivity index (χ1) is 8.32. The monoisotopic (exact) mass is 375 g/mol. The Labute approximate surface area is 123 Å². The SMILES string of the molecule is CC1(C)C(O)CC1NC(=O)c1cc(Br)ccc1Br. The molecule has 0 aromatic heterocycles. The van der Waals surface area contributed by atoms with Crippen molar-refractivity contribution >= 4 is 37.8 Å². The molecule has 1 amide bonds. The van der Waals surface area contributed by atoms with Gasteiger partial charge in [0.25, 0.3) is 5.91 Å². The summed E-state index contributed by atoms with van der Waals surface area (Å²) in [5.74, 6) is -0.117. The van der Waals surface area contributed by atoms with Crippen molar-refractivity contribution in [2.24, 2.45) is 5.41 Å². The molecule has 3 nitrogen and oxygen atoms in total. The van der Waals surface area contributed by atoms with Gasteiger partial charge in [-0.1, -0.05) is 29.8 Å². The number of benzene rings is 1. The van der Waals surface area contributed by atoms with Gasteiger partial charge in [0.05, 0.1) is 11.7 Å². The Morgan fingerprint density at radius 1 is 1.44 bits per heavy atom. The highest BCUT2D eigenvalue weighted by Crippen LogP contribution is 2.40. The molecule has 5 heteroatoms. The first-order valence-corrected chi connectivity index (χ1v) is 7.35. The zero-order valence-corrected chi connectivity index (χ0v) is 13.4. The third kappa shape index (κ3) is 2.49. The maximum Gasteiger partial charge on any atom is 0.252 e. The lowest BCUT2D eigenvalue weighted by molar-refractivity contribution is -0.0689. The molecular weight excluding hydrogens is 362 g/mol. The maximum atomic E-state index is 12.2. The van der Waals surface area contributed by atoms with E-state index in [0.29, 0.717) is 12.0 Å². The van der Waals surface area contributed by atoms with Gasteiger partial charge in [-0.05, 0) is 40.5 Å². The van der Waals surface area contributed by atoms with Crippen molar-refractivity contribution in [3.8, 4) is 0 Å². The molecule has 0 saturated heterocycles. The van der Waals surface area contributed by atoms with E-state index in [4.69, 9.17) is 0 Å². The smallest absolute Gasteiger partial charge is 0.252 e. The van der Waals surface area contributed by atoms with Crippen molar-refractivity contribution in [2.75, 3.05) is 0 Å². The molecule has 1 aromatic rings. The lowest BCUT2D eigenvalue weighted by Gasteiger charge is -2.49. The van der Waals surface area contributed by atoms with Gasteiger partial charge in [0.2, 0.25) is 0 Å². The summed E-state index contributed by atoms with van der Waals surface area (Å²) in [7, 11) is 0. The second-order valence-electron chi connectivity index (χ2n) is 5.22. The molecule has 2 unspecified atom stereocenters. The van der Waals surface area contributed by atoms with Gasteiger partial charge in [0.15, 0.2) is 0 Å². The number of hydrogen-bond acceptors (Lipinski definition) is 2. The van der Waals surface area contributed by atoms with Crippen molar-refractivity contribution in [2.45, 2.75) is 32.4 Å². The fourth-order valence-electron chi connectivity index (χ4n) is 2.05. The minimum atomic E-state index is -0.339. The van der Waals surface area contributed by atoms with E-state index in [1.807, 2.05) is 26.0 Å². The van der Waals surface area contributed by atoms with Crippen LogP contribution in [0.5, 0.6) is 0 Å². The molecule has 0 spiro atoms. The lowest BCUT2D eigenvalue weighted by Crippen LogP contribution is -2.61. The fraction of sp³-hybridized carbons (Fsp3) is 0.462. The van der Waals surface area contributed by atoms with E-state index in [1.165, 1.54) is 0 Å². The highest BCUT2D eigenvalue weighted by Gasteiger charge is 2.48. The van der Waals surface area contributed by atoms with Gasteiger partial charge in [-0.25, -0.2) is 0 Å². The molecule has 0 heterocycles. The van der Waals surface area contributed by atoms with E-state index in [1.54, 1.807) is 6.07 Å². The second-order valence-corrected chi connectivity index (χ2v) is 6.99. The summed E-state index contributed by atoms with van der Waals surface area (Å²) >= 11 is 6.72. The Hall–Kier alpha value is -0.390. The van der Waals surface area contributed by atoms with E-state index in [2.05, 4.69) is 37.2 Å². The third-order valence-electron chi connectivity index (χ3n) is 3.69. The summed E-state index contributed by atoms with van der Waals surface area (Å²) < 4.78 is 1.63.